The van der Waals surface area contributed by atoms with Crippen LogP contribution in [0.4, 0.5) is 0 Å². The van der Waals surface area contributed by atoms with Gasteiger partial charge in [-0.05, 0) is 46.2 Å². The van der Waals surface area contributed by atoms with Gasteiger partial charge in [0.1, 0.15) is 11.5 Å². The molecular weight excluding hydrogens is 474 g/mol. The number of nitrogens with two attached hydrogens (primary N) is 1. The fourth-order valence-corrected chi connectivity index (χ4v) is 5.89. The Bertz CT molecular complexity index is 1760. The predicted octanol–water partition coefficient (Wildman–Crippen LogP) is 4.80. The van der Waals surface area contributed by atoms with Crippen LogP contribution in [-0.2, 0) is 22.1 Å². The van der Waals surface area contributed by atoms with Gasteiger partial charge in [-0.1, -0.05) is 66.7 Å². The first-order valence-electron chi connectivity index (χ1n) is 11.2. The molecule has 5 aromatic rings. The number of aromatic nitrogens is 1. The summed E-state index contributed by atoms with van der Waals surface area (Å²) in [6, 6.07) is 26.4. The minimum atomic E-state index is -3.57. The van der Waals surface area contributed by atoms with E-state index >= 15 is 0 Å². The van der Waals surface area contributed by atoms with E-state index in [1.165, 1.54) is 0 Å². The van der Waals surface area contributed by atoms with Crippen molar-refractivity contribution in [2.24, 2.45) is 5.73 Å². The number of hydrogen-bond donors (Lipinski definition) is 3. The molecule has 0 unspecified atom stereocenters. The number of sulfone groups is 1. The van der Waals surface area contributed by atoms with Crippen molar-refractivity contribution in [1.82, 2.24) is 4.57 Å². The zero-order valence-electron chi connectivity index (χ0n) is 19.2. The van der Waals surface area contributed by atoms with E-state index in [1.807, 2.05) is 36.4 Å². The molecule has 180 valence electrons. The zero-order chi connectivity index (χ0) is 25.4. The third kappa shape index (κ3) is 4.34. The monoisotopic (exact) mass is 497 g/mol. The molecule has 36 heavy (non-hydrogen) atoms. The highest BCUT2D eigenvalue weighted by molar-refractivity contribution is 7.90. The lowest BCUT2D eigenvalue weighted by Gasteiger charge is -2.14. The molecule has 4 N–H and O–H groups in total. The van der Waals surface area contributed by atoms with Gasteiger partial charge >= 0.3 is 5.97 Å². The van der Waals surface area contributed by atoms with Gasteiger partial charge in [0.15, 0.2) is 9.84 Å². The number of carboxylic acids is 1. The number of hydrogen-bond acceptors (Lipinski definition) is 4. The normalized spacial score (nSPS) is 11.7. The molecule has 1 aromatic heterocycles. The fraction of sp³-hybridized carbons (Fsp3) is 0.0714. The van der Waals surface area contributed by atoms with Gasteiger partial charge in [0.05, 0.1) is 10.6 Å². The number of rotatable bonds is 7. The van der Waals surface area contributed by atoms with Gasteiger partial charge in [0.25, 0.3) is 0 Å². The lowest BCUT2D eigenvalue weighted by molar-refractivity contribution is 0.0686. The third-order valence-electron chi connectivity index (χ3n) is 6.23. The second kappa shape index (κ2) is 8.98. The average molecular weight is 498 g/mol. The number of amidine groups is 1. The van der Waals surface area contributed by atoms with Gasteiger partial charge in [-0.3, -0.25) is 5.41 Å². The second-order valence-electron chi connectivity index (χ2n) is 8.66. The number of fused-ring (bicyclic) bond motifs is 2. The van der Waals surface area contributed by atoms with Crippen molar-refractivity contribution in [3.63, 3.8) is 0 Å². The lowest BCUT2D eigenvalue weighted by atomic mass is 10.0. The maximum absolute atomic E-state index is 13.1. The summed E-state index contributed by atoms with van der Waals surface area (Å²) in [5, 5.41) is 20.2. The minimum Gasteiger partial charge on any atom is -0.477 e. The van der Waals surface area contributed by atoms with Crippen molar-refractivity contribution in [2.75, 3.05) is 0 Å². The molecule has 4 aromatic carbocycles. The topological polar surface area (TPSA) is 126 Å². The van der Waals surface area contributed by atoms with Crippen molar-refractivity contribution >= 4 is 43.3 Å². The standard InChI is InChI=1S/C28H23N3O4S/c29-27(30)21-11-10-20-14-26(28(32)33)31(25(20)15-21)16-22-13-18(12-19-6-4-5-9-24(19)22)17-36(34,35)23-7-2-1-3-8-23/h1-15H,16-17H2,(H3,29,30)(H,32,33). The van der Waals surface area contributed by atoms with Crippen LogP contribution >= 0.6 is 0 Å². The molecule has 0 atom stereocenters. The number of nitrogens with one attached hydrogen (secondary N) is 1. The summed E-state index contributed by atoms with van der Waals surface area (Å²) in [7, 11) is -3.57. The average Bonchev–Trinajstić information content (AvgIpc) is 3.22. The first kappa shape index (κ1) is 23.3. The van der Waals surface area contributed by atoms with Crippen LogP contribution in [0.15, 0.2) is 95.9 Å². The van der Waals surface area contributed by atoms with Crippen molar-refractivity contribution in [3.8, 4) is 0 Å². The summed E-state index contributed by atoms with van der Waals surface area (Å²) in [5.74, 6) is -1.37. The predicted molar refractivity (Wildman–Crippen MR) is 140 cm³/mol. The number of aromatic carboxylic acids is 1. The van der Waals surface area contributed by atoms with E-state index in [0.717, 1.165) is 16.3 Å². The van der Waals surface area contributed by atoms with Crippen molar-refractivity contribution in [1.29, 1.82) is 5.41 Å². The summed E-state index contributed by atoms with van der Waals surface area (Å²) < 4.78 is 27.8. The molecule has 7 nitrogen and oxygen atoms in total. The van der Waals surface area contributed by atoms with E-state index < -0.39 is 15.8 Å². The number of nitrogen functional groups attached to an aromatic ring is 1. The molecule has 0 saturated heterocycles. The largest absolute Gasteiger partial charge is 0.477 e. The molecule has 0 spiro atoms. The number of benzene rings is 4. The Balaban J connectivity index is 1.65. The maximum atomic E-state index is 13.1. The van der Waals surface area contributed by atoms with Crippen molar-refractivity contribution < 1.29 is 18.3 Å². The Morgan fingerprint density at radius 3 is 2.33 bits per heavy atom. The summed E-state index contributed by atoms with van der Waals surface area (Å²) in [6.45, 7) is 0.201. The highest BCUT2D eigenvalue weighted by Crippen LogP contribution is 2.28. The van der Waals surface area contributed by atoms with Gasteiger partial charge in [0.2, 0.25) is 0 Å². The van der Waals surface area contributed by atoms with Gasteiger partial charge in [0, 0.05) is 23.0 Å². The molecule has 0 aliphatic heterocycles. The molecule has 0 aliphatic carbocycles. The quantitative estimate of drug-likeness (QED) is 0.220. The van der Waals surface area contributed by atoms with Crippen LogP contribution < -0.4 is 5.73 Å². The first-order chi connectivity index (χ1) is 17.2. The highest BCUT2D eigenvalue weighted by Gasteiger charge is 2.19. The Morgan fingerprint density at radius 1 is 0.889 bits per heavy atom. The van der Waals surface area contributed by atoms with Gasteiger partial charge < -0.3 is 15.4 Å². The van der Waals surface area contributed by atoms with E-state index in [1.54, 1.807) is 59.2 Å². The fourth-order valence-electron chi connectivity index (χ4n) is 4.54. The molecule has 0 bridgehead atoms. The summed E-state index contributed by atoms with van der Waals surface area (Å²) in [5.41, 5.74) is 8.30. The molecular formula is C28H23N3O4S. The Morgan fingerprint density at radius 2 is 1.61 bits per heavy atom. The van der Waals surface area contributed by atoms with Crippen molar-refractivity contribution in [3.05, 3.63) is 113 Å². The summed E-state index contributed by atoms with van der Waals surface area (Å²) in [4.78, 5) is 12.4. The van der Waals surface area contributed by atoms with Crippen LogP contribution in [0.25, 0.3) is 21.7 Å². The molecule has 0 amide bonds. The zero-order valence-corrected chi connectivity index (χ0v) is 20.0. The number of carbonyl (C=O) groups is 1. The third-order valence-corrected chi connectivity index (χ3v) is 7.93. The molecule has 0 fully saturated rings. The van der Waals surface area contributed by atoms with Crippen LogP contribution in [0.2, 0.25) is 0 Å². The van der Waals surface area contributed by atoms with E-state index in [2.05, 4.69) is 0 Å². The molecule has 0 radical (unpaired) electrons. The van der Waals surface area contributed by atoms with E-state index in [0.29, 0.717) is 22.0 Å². The van der Waals surface area contributed by atoms with Gasteiger partial charge in [-0.25, -0.2) is 13.2 Å². The van der Waals surface area contributed by atoms with Gasteiger partial charge in [-0.15, -0.1) is 0 Å². The molecule has 8 heteroatoms. The summed E-state index contributed by atoms with van der Waals surface area (Å²) in [6.07, 6.45) is 0. The Hall–Kier alpha value is -4.43. The minimum absolute atomic E-state index is 0.0945. The van der Waals surface area contributed by atoms with Crippen LogP contribution in [-0.4, -0.2) is 29.9 Å². The number of nitrogens with zero attached hydrogens (tertiary/aromatic N) is 1. The molecule has 0 aliphatic rings. The lowest BCUT2D eigenvalue weighted by Crippen LogP contribution is -2.12. The van der Waals surface area contributed by atoms with E-state index in [9.17, 15) is 18.3 Å². The van der Waals surface area contributed by atoms with Crippen LogP contribution in [0, 0.1) is 5.41 Å². The van der Waals surface area contributed by atoms with Crippen LogP contribution in [0.5, 0.6) is 0 Å². The SMILES string of the molecule is N=C(N)c1ccc2cc(C(=O)O)n(Cc3cc(CS(=O)(=O)c4ccccc4)cc4ccccc34)c2c1. The first-order valence-corrected chi connectivity index (χ1v) is 12.9. The van der Waals surface area contributed by atoms with Crippen LogP contribution in [0.3, 0.4) is 0 Å². The van der Waals surface area contributed by atoms with E-state index in [-0.39, 0.29) is 28.7 Å². The molecule has 5 rings (SSSR count). The second-order valence-corrected chi connectivity index (χ2v) is 10.6. The smallest absolute Gasteiger partial charge is 0.352 e. The molecule has 1 heterocycles. The van der Waals surface area contributed by atoms with Crippen molar-refractivity contribution in [2.45, 2.75) is 17.2 Å². The maximum Gasteiger partial charge on any atom is 0.352 e. The van der Waals surface area contributed by atoms with E-state index in [4.69, 9.17) is 11.1 Å². The molecule has 0 saturated carbocycles. The van der Waals surface area contributed by atoms with Gasteiger partial charge in [-0.2, -0.15) is 0 Å². The summed E-state index contributed by atoms with van der Waals surface area (Å²) >= 11 is 0. The Kier molecular flexibility index (Phi) is 5.81. The van der Waals surface area contributed by atoms with Crippen LogP contribution in [0.1, 0.15) is 27.2 Å². The highest BCUT2D eigenvalue weighted by atomic mass is 32.2. The Labute approximate surface area is 207 Å². The number of carboxylic acid groups (broad SMARTS) is 1.